The van der Waals surface area contributed by atoms with Gasteiger partial charge in [0.05, 0.1) is 21.2 Å². The maximum absolute atomic E-state index is 11.3. The molecule has 0 saturated carbocycles. The second-order valence-corrected chi connectivity index (χ2v) is 5.04. The number of carboxylic acid groups (broad SMARTS) is 1. The predicted molar refractivity (Wildman–Crippen MR) is 77.8 cm³/mol. The first-order valence-corrected chi connectivity index (χ1v) is 6.61. The molecular formula is C13H17ClN2O4. The van der Waals surface area contributed by atoms with Gasteiger partial charge >= 0.3 is 5.97 Å². The fourth-order valence-electron chi connectivity index (χ4n) is 2.04. The number of hydrogen-bond acceptors (Lipinski definition) is 4. The Balaban J connectivity index is 3.38. The van der Waals surface area contributed by atoms with Gasteiger partial charge in [-0.05, 0) is 13.3 Å². The van der Waals surface area contributed by atoms with Crippen LogP contribution in [-0.2, 0) is 0 Å². The molecule has 1 atom stereocenters. The van der Waals surface area contributed by atoms with Crippen LogP contribution >= 0.6 is 11.6 Å². The summed E-state index contributed by atoms with van der Waals surface area (Å²) in [6, 6.07) is 2.30. The van der Waals surface area contributed by atoms with Gasteiger partial charge in [-0.25, -0.2) is 4.79 Å². The topological polar surface area (TPSA) is 83.7 Å². The van der Waals surface area contributed by atoms with Crippen molar-refractivity contribution in [2.24, 2.45) is 0 Å². The fourth-order valence-corrected chi connectivity index (χ4v) is 2.39. The molecule has 0 amide bonds. The SMILES string of the molecule is CCCC(C)N(C)c1c(Cl)cc([N+](=O)[O-])cc1C(=O)O. The van der Waals surface area contributed by atoms with Gasteiger partial charge in [-0.2, -0.15) is 0 Å². The highest BCUT2D eigenvalue weighted by atomic mass is 35.5. The molecule has 0 aliphatic heterocycles. The number of carbonyl (C=O) groups is 1. The van der Waals surface area contributed by atoms with E-state index < -0.39 is 10.9 Å². The van der Waals surface area contributed by atoms with Crippen molar-refractivity contribution >= 4 is 28.9 Å². The van der Waals surface area contributed by atoms with Crippen molar-refractivity contribution < 1.29 is 14.8 Å². The second kappa shape index (κ2) is 6.56. The maximum atomic E-state index is 11.3. The van der Waals surface area contributed by atoms with Crippen LogP contribution in [-0.4, -0.2) is 29.1 Å². The first-order chi connectivity index (χ1) is 9.29. The third-order valence-electron chi connectivity index (χ3n) is 3.21. The largest absolute Gasteiger partial charge is 0.478 e. The number of nitro benzene ring substituents is 1. The highest BCUT2D eigenvalue weighted by Crippen LogP contribution is 2.35. The van der Waals surface area contributed by atoms with Crippen molar-refractivity contribution in [2.45, 2.75) is 32.7 Å². The average molecular weight is 301 g/mol. The van der Waals surface area contributed by atoms with Gasteiger partial charge in [0.25, 0.3) is 5.69 Å². The zero-order valence-corrected chi connectivity index (χ0v) is 12.3. The van der Waals surface area contributed by atoms with Crippen LogP contribution in [0.25, 0.3) is 0 Å². The summed E-state index contributed by atoms with van der Waals surface area (Å²) in [7, 11) is 1.74. The molecule has 0 fully saturated rings. The van der Waals surface area contributed by atoms with Crippen LogP contribution in [0.2, 0.25) is 5.02 Å². The summed E-state index contributed by atoms with van der Waals surface area (Å²) >= 11 is 6.05. The molecule has 1 unspecified atom stereocenters. The van der Waals surface area contributed by atoms with Crippen LogP contribution in [0.1, 0.15) is 37.0 Å². The first kappa shape index (κ1) is 16.2. The smallest absolute Gasteiger partial charge is 0.338 e. The van der Waals surface area contributed by atoms with E-state index in [4.69, 9.17) is 11.6 Å². The number of hydrogen-bond donors (Lipinski definition) is 1. The number of nitrogens with zero attached hydrogens (tertiary/aromatic N) is 2. The molecular weight excluding hydrogens is 284 g/mol. The minimum atomic E-state index is -1.24. The van der Waals surface area contributed by atoms with Crippen LogP contribution in [0.5, 0.6) is 0 Å². The number of non-ortho nitro benzene ring substituents is 1. The average Bonchev–Trinajstić information content (AvgIpc) is 2.36. The quantitative estimate of drug-likeness (QED) is 0.641. The van der Waals surface area contributed by atoms with E-state index in [1.165, 1.54) is 6.07 Å². The van der Waals surface area contributed by atoms with Crippen molar-refractivity contribution in [1.82, 2.24) is 0 Å². The zero-order valence-electron chi connectivity index (χ0n) is 11.6. The standard InChI is InChI=1S/C13H17ClN2O4/c1-4-5-8(2)15(3)12-10(13(17)18)6-9(16(19)20)7-11(12)14/h6-8H,4-5H2,1-3H3,(H,17,18). The van der Waals surface area contributed by atoms with Gasteiger partial charge in [0.1, 0.15) is 0 Å². The van der Waals surface area contributed by atoms with Gasteiger partial charge in [0, 0.05) is 25.2 Å². The number of rotatable bonds is 6. The third kappa shape index (κ3) is 3.39. The minimum Gasteiger partial charge on any atom is -0.478 e. The summed E-state index contributed by atoms with van der Waals surface area (Å²) in [4.78, 5) is 23.2. The van der Waals surface area contributed by atoms with Crippen LogP contribution < -0.4 is 4.90 Å². The van der Waals surface area contributed by atoms with Crippen molar-refractivity contribution in [3.8, 4) is 0 Å². The molecule has 110 valence electrons. The number of halogens is 1. The molecule has 1 aromatic rings. The van der Waals surface area contributed by atoms with E-state index in [2.05, 4.69) is 0 Å². The van der Waals surface area contributed by atoms with Crippen LogP contribution in [0.4, 0.5) is 11.4 Å². The Morgan fingerprint density at radius 3 is 2.60 bits per heavy atom. The minimum absolute atomic E-state index is 0.0713. The Kier molecular flexibility index (Phi) is 5.33. The molecule has 20 heavy (non-hydrogen) atoms. The molecule has 0 spiro atoms. The Labute approximate surface area is 122 Å². The van der Waals surface area contributed by atoms with Gasteiger partial charge in [0.2, 0.25) is 0 Å². The predicted octanol–water partition coefficient (Wildman–Crippen LogP) is 3.57. The zero-order chi connectivity index (χ0) is 15.4. The molecule has 0 aliphatic rings. The molecule has 0 heterocycles. The molecule has 7 heteroatoms. The lowest BCUT2D eigenvalue weighted by molar-refractivity contribution is -0.384. The lowest BCUT2D eigenvalue weighted by Crippen LogP contribution is -2.30. The van der Waals surface area contributed by atoms with Crippen molar-refractivity contribution in [1.29, 1.82) is 0 Å². The van der Waals surface area contributed by atoms with E-state index in [0.29, 0.717) is 5.69 Å². The molecule has 0 saturated heterocycles. The summed E-state index contributed by atoms with van der Waals surface area (Å²) in [6.07, 6.45) is 1.81. The van der Waals surface area contributed by atoms with Gasteiger partial charge in [-0.15, -0.1) is 0 Å². The number of aromatic carboxylic acids is 1. The monoisotopic (exact) mass is 300 g/mol. The Morgan fingerprint density at radius 2 is 2.15 bits per heavy atom. The molecule has 6 nitrogen and oxygen atoms in total. The molecule has 0 radical (unpaired) electrons. The van der Waals surface area contributed by atoms with E-state index in [9.17, 15) is 20.0 Å². The second-order valence-electron chi connectivity index (χ2n) is 4.63. The highest BCUT2D eigenvalue weighted by molar-refractivity contribution is 6.34. The summed E-state index contributed by atoms with van der Waals surface area (Å²) in [5.74, 6) is -1.24. The first-order valence-electron chi connectivity index (χ1n) is 6.23. The Hall–Kier alpha value is -1.82. The van der Waals surface area contributed by atoms with E-state index in [1.807, 2.05) is 13.8 Å². The summed E-state index contributed by atoms with van der Waals surface area (Å²) in [5.41, 5.74) is -0.173. The van der Waals surface area contributed by atoms with E-state index >= 15 is 0 Å². The fraction of sp³-hybridized carbons (Fsp3) is 0.462. The molecule has 0 aliphatic carbocycles. The lowest BCUT2D eigenvalue weighted by atomic mass is 10.1. The summed E-state index contributed by atoms with van der Waals surface area (Å²) in [5, 5.41) is 20.1. The van der Waals surface area contributed by atoms with Crippen LogP contribution in [0.15, 0.2) is 12.1 Å². The third-order valence-corrected chi connectivity index (χ3v) is 3.50. The number of anilines is 1. The summed E-state index contributed by atoms with van der Waals surface area (Å²) < 4.78 is 0. The molecule has 0 aromatic heterocycles. The highest BCUT2D eigenvalue weighted by Gasteiger charge is 2.24. The van der Waals surface area contributed by atoms with Gasteiger partial charge in [0.15, 0.2) is 0 Å². The Morgan fingerprint density at radius 1 is 1.55 bits per heavy atom. The molecule has 1 N–H and O–H groups in total. The molecule has 0 bridgehead atoms. The lowest BCUT2D eigenvalue weighted by Gasteiger charge is -2.28. The van der Waals surface area contributed by atoms with E-state index in [1.54, 1.807) is 11.9 Å². The molecule has 1 rings (SSSR count). The van der Waals surface area contributed by atoms with Crippen molar-refractivity contribution in [2.75, 3.05) is 11.9 Å². The Bertz CT molecular complexity index is 533. The normalized spacial score (nSPS) is 12.0. The molecule has 1 aromatic carbocycles. The van der Waals surface area contributed by atoms with Crippen molar-refractivity contribution in [3.05, 3.63) is 32.8 Å². The number of carboxylic acids is 1. The van der Waals surface area contributed by atoms with E-state index in [-0.39, 0.29) is 22.3 Å². The maximum Gasteiger partial charge on any atom is 0.338 e. The summed E-state index contributed by atoms with van der Waals surface area (Å²) in [6.45, 7) is 3.98. The van der Waals surface area contributed by atoms with Gasteiger partial charge < -0.3 is 10.0 Å². The number of benzene rings is 1. The van der Waals surface area contributed by atoms with Gasteiger partial charge in [-0.3, -0.25) is 10.1 Å². The van der Waals surface area contributed by atoms with E-state index in [0.717, 1.165) is 18.9 Å². The van der Waals surface area contributed by atoms with Crippen molar-refractivity contribution in [3.63, 3.8) is 0 Å². The van der Waals surface area contributed by atoms with Crippen LogP contribution in [0, 0.1) is 10.1 Å². The number of nitro groups is 1. The van der Waals surface area contributed by atoms with Crippen LogP contribution in [0.3, 0.4) is 0 Å². The van der Waals surface area contributed by atoms with Gasteiger partial charge in [-0.1, -0.05) is 24.9 Å².